The van der Waals surface area contributed by atoms with Gasteiger partial charge in [0.15, 0.2) is 5.13 Å². The van der Waals surface area contributed by atoms with E-state index in [9.17, 15) is 22.4 Å². The number of carbonyl (C=O) groups is 1. The van der Waals surface area contributed by atoms with E-state index in [1.165, 1.54) is 34.4 Å². The van der Waals surface area contributed by atoms with Crippen LogP contribution in [0, 0.1) is 12.7 Å². The largest absolute Gasteiger partial charge is 0.417 e. The molecule has 29 heavy (non-hydrogen) atoms. The number of hydrogen-bond acceptors (Lipinski definition) is 4. The Morgan fingerprint density at radius 3 is 2.79 bits per heavy atom. The number of aryl methyl sites for hydroxylation is 1. The van der Waals surface area contributed by atoms with E-state index in [0.29, 0.717) is 28.4 Å². The van der Waals surface area contributed by atoms with Gasteiger partial charge < -0.3 is 10.2 Å². The van der Waals surface area contributed by atoms with Gasteiger partial charge in [0.1, 0.15) is 11.3 Å². The first-order chi connectivity index (χ1) is 13.7. The zero-order valence-electron chi connectivity index (χ0n) is 15.4. The molecule has 4 nitrogen and oxygen atoms in total. The van der Waals surface area contributed by atoms with Crippen LogP contribution in [0.4, 0.5) is 22.7 Å². The summed E-state index contributed by atoms with van der Waals surface area (Å²) in [7, 11) is 0. The van der Waals surface area contributed by atoms with Crippen LogP contribution in [0.1, 0.15) is 27.9 Å². The molecule has 1 amide bonds. The quantitative estimate of drug-likeness (QED) is 0.597. The molecule has 1 aromatic heterocycles. The number of hydrogen-bond donors (Lipinski definition) is 1. The Hall–Kier alpha value is -2.68. The summed E-state index contributed by atoms with van der Waals surface area (Å²) < 4.78 is 54.4. The Bertz CT molecular complexity index is 1080. The Morgan fingerprint density at radius 2 is 2.07 bits per heavy atom. The van der Waals surface area contributed by atoms with Gasteiger partial charge in [-0.3, -0.25) is 4.79 Å². The molecule has 1 fully saturated rings. The smallest absolute Gasteiger partial charge is 0.357 e. The van der Waals surface area contributed by atoms with Crippen molar-refractivity contribution >= 4 is 32.6 Å². The van der Waals surface area contributed by atoms with Crippen molar-refractivity contribution in [1.29, 1.82) is 0 Å². The third kappa shape index (κ3) is 3.91. The lowest BCUT2D eigenvalue weighted by Crippen LogP contribution is -2.33. The molecular formula is C20H17F4N3OS. The zero-order valence-corrected chi connectivity index (χ0v) is 16.2. The number of amides is 1. The van der Waals surface area contributed by atoms with Gasteiger partial charge in [0.25, 0.3) is 5.91 Å². The number of nitrogens with one attached hydrogen (secondary N) is 1. The van der Waals surface area contributed by atoms with E-state index in [4.69, 9.17) is 0 Å². The highest BCUT2D eigenvalue weighted by molar-refractivity contribution is 7.22. The number of thiazole rings is 1. The van der Waals surface area contributed by atoms with E-state index >= 15 is 0 Å². The first-order valence-electron chi connectivity index (χ1n) is 9.01. The third-order valence-electron chi connectivity index (χ3n) is 4.88. The van der Waals surface area contributed by atoms with Gasteiger partial charge in [0.2, 0.25) is 0 Å². The lowest BCUT2D eigenvalue weighted by molar-refractivity contribution is -0.138. The maximum atomic E-state index is 13.8. The standard InChI is InChI=1S/C20H17F4N3OS/c1-11-5-6-14(20(22,23)24)13(9-11)18(28)27-8-7-12(10-27)25-19-26-17-15(21)3-2-4-16(17)29-19/h2-6,9,12H,7-8,10H2,1H3,(H,25,26). The summed E-state index contributed by atoms with van der Waals surface area (Å²) in [5.41, 5.74) is -0.390. The van der Waals surface area contributed by atoms with E-state index in [1.807, 2.05) is 0 Å². The Labute approximate surface area is 168 Å². The minimum Gasteiger partial charge on any atom is -0.357 e. The molecule has 2 aromatic carbocycles. The van der Waals surface area contributed by atoms with E-state index in [2.05, 4.69) is 10.3 Å². The van der Waals surface area contributed by atoms with Gasteiger partial charge in [0, 0.05) is 19.1 Å². The average molecular weight is 423 g/mol. The highest BCUT2D eigenvalue weighted by Crippen LogP contribution is 2.34. The SMILES string of the molecule is Cc1ccc(C(F)(F)F)c(C(=O)N2CCC(Nc3nc4c(F)cccc4s3)C2)c1. The number of para-hydroxylation sites is 1. The monoisotopic (exact) mass is 423 g/mol. The summed E-state index contributed by atoms with van der Waals surface area (Å²) in [4.78, 5) is 18.4. The molecule has 1 aliphatic rings. The molecule has 2 heterocycles. The maximum absolute atomic E-state index is 13.8. The van der Waals surface area contributed by atoms with Crippen LogP contribution in [0.2, 0.25) is 0 Å². The summed E-state index contributed by atoms with van der Waals surface area (Å²) in [5, 5.41) is 3.70. The number of halogens is 4. The number of nitrogens with zero attached hydrogens (tertiary/aromatic N) is 2. The molecule has 152 valence electrons. The van der Waals surface area contributed by atoms with Crippen molar-refractivity contribution in [3.05, 3.63) is 58.9 Å². The molecule has 4 rings (SSSR count). The van der Waals surface area contributed by atoms with Gasteiger partial charge in [-0.2, -0.15) is 13.2 Å². The summed E-state index contributed by atoms with van der Waals surface area (Å²) in [5.74, 6) is -1.05. The van der Waals surface area contributed by atoms with Crippen molar-refractivity contribution in [2.24, 2.45) is 0 Å². The van der Waals surface area contributed by atoms with Crippen LogP contribution >= 0.6 is 11.3 Å². The van der Waals surface area contributed by atoms with Crippen molar-refractivity contribution in [2.45, 2.75) is 25.6 Å². The van der Waals surface area contributed by atoms with Crippen molar-refractivity contribution in [3.8, 4) is 0 Å². The van der Waals surface area contributed by atoms with Gasteiger partial charge >= 0.3 is 6.18 Å². The van der Waals surface area contributed by atoms with Gasteiger partial charge in [0.05, 0.1) is 15.8 Å². The molecule has 1 atom stereocenters. The molecule has 3 aromatic rings. The molecular weight excluding hydrogens is 406 g/mol. The second-order valence-electron chi connectivity index (χ2n) is 7.03. The van der Waals surface area contributed by atoms with Crippen LogP contribution in [0.25, 0.3) is 10.2 Å². The van der Waals surface area contributed by atoms with Crippen molar-refractivity contribution in [3.63, 3.8) is 0 Å². The molecule has 1 saturated heterocycles. The Kier molecular flexibility index (Phi) is 4.94. The number of anilines is 1. The summed E-state index contributed by atoms with van der Waals surface area (Å²) in [6, 6.07) is 8.12. The lowest BCUT2D eigenvalue weighted by Gasteiger charge is -2.20. The van der Waals surface area contributed by atoms with Crippen LogP contribution < -0.4 is 5.32 Å². The van der Waals surface area contributed by atoms with Gasteiger partial charge in [-0.1, -0.05) is 29.0 Å². The minimum absolute atomic E-state index is 0.165. The van der Waals surface area contributed by atoms with Gasteiger partial charge in [-0.25, -0.2) is 9.37 Å². The first-order valence-corrected chi connectivity index (χ1v) is 9.83. The second-order valence-corrected chi connectivity index (χ2v) is 8.06. The minimum atomic E-state index is -4.60. The highest BCUT2D eigenvalue weighted by atomic mass is 32.1. The van der Waals surface area contributed by atoms with Crippen molar-refractivity contribution in [1.82, 2.24) is 9.88 Å². The molecule has 1 unspecified atom stereocenters. The number of benzene rings is 2. The number of rotatable bonds is 3. The van der Waals surface area contributed by atoms with E-state index < -0.39 is 23.5 Å². The number of aromatic nitrogens is 1. The zero-order chi connectivity index (χ0) is 20.8. The molecule has 0 saturated carbocycles. The highest BCUT2D eigenvalue weighted by Gasteiger charge is 2.37. The molecule has 0 spiro atoms. The predicted molar refractivity (Wildman–Crippen MR) is 104 cm³/mol. The lowest BCUT2D eigenvalue weighted by atomic mass is 10.0. The number of alkyl halides is 3. The third-order valence-corrected chi connectivity index (χ3v) is 5.84. The van der Waals surface area contributed by atoms with Crippen LogP contribution in [-0.2, 0) is 6.18 Å². The van der Waals surface area contributed by atoms with Crippen LogP contribution in [0.5, 0.6) is 0 Å². The molecule has 0 aliphatic carbocycles. The Balaban J connectivity index is 1.50. The molecule has 9 heteroatoms. The normalized spacial score (nSPS) is 17.1. The number of fused-ring (bicyclic) bond motifs is 1. The number of likely N-dealkylation sites (tertiary alicyclic amines) is 1. The van der Waals surface area contributed by atoms with Crippen molar-refractivity contribution < 1.29 is 22.4 Å². The van der Waals surface area contributed by atoms with Crippen LogP contribution in [-0.4, -0.2) is 34.9 Å². The average Bonchev–Trinajstić information content (AvgIpc) is 3.28. The molecule has 0 bridgehead atoms. The van der Waals surface area contributed by atoms with E-state index in [1.54, 1.807) is 19.1 Å². The van der Waals surface area contributed by atoms with Crippen LogP contribution in [0.15, 0.2) is 36.4 Å². The summed E-state index contributed by atoms with van der Waals surface area (Å²) >= 11 is 1.30. The summed E-state index contributed by atoms with van der Waals surface area (Å²) in [6.45, 7) is 2.24. The first kappa shape index (κ1) is 19.6. The summed E-state index contributed by atoms with van der Waals surface area (Å²) in [6.07, 6.45) is -4.03. The fraction of sp³-hybridized carbons (Fsp3) is 0.300. The topological polar surface area (TPSA) is 45.2 Å². The fourth-order valence-corrected chi connectivity index (χ4v) is 4.42. The molecule has 1 N–H and O–H groups in total. The fourth-order valence-electron chi connectivity index (χ4n) is 3.47. The second kappa shape index (κ2) is 7.29. The van der Waals surface area contributed by atoms with E-state index in [-0.39, 0.29) is 23.7 Å². The van der Waals surface area contributed by atoms with Crippen LogP contribution in [0.3, 0.4) is 0 Å². The predicted octanol–water partition coefficient (Wildman–Crippen LogP) is 5.09. The maximum Gasteiger partial charge on any atom is 0.417 e. The van der Waals surface area contributed by atoms with Gasteiger partial charge in [-0.15, -0.1) is 0 Å². The number of carbonyl (C=O) groups excluding carboxylic acids is 1. The molecule has 0 radical (unpaired) electrons. The Morgan fingerprint density at radius 1 is 1.28 bits per heavy atom. The molecule has 1 aliphatic heterocycles. The van der Waals surface area contributed by atoms with Gasteiger partial charge in [-0.05, 0) is 37.6 Å². The van der Waals surface area contributed by atoms with Crippen molar-refractivity contribution in [2.75, 3.05) is 18.4 Å². The van der Waals surface area contributed by atoms with E-state index in [0.717, 1.165) is 6.07 Å².